The van der Waals surface area contributed by atoms with Crippen molar-refractivity contribution >= 4 is 41.9 Å². The molecule has 0 bridgehead atoms. The number of amides is 4. The van der Waals surface area contributed by atoms with Gasteiger partial charge in [-0.25, -0.2) is 14.2 Å². The van der Waals surface area contributed by atoms with Crippen LogP contribution in [-0.4, -0.2) is 62.0 Å². The maximum absolute atomic E-state index is 15.3. The zero-order valence-corrected chi connectivity index (χ0v) is 22.0. The van der Waals surface area contributed by atoms with Crippen LogP contribution in [0.15, 0.2) is 18.5 Å². The molecule has 12 nitrogen and oxygen atoms in total. The number of imide groups is 1. The summed E-state index contributed by atoms with van der Waals surface area (Å²) in [6, 6.07) is 0.746. The summed E-state index contributed by atoms with van der Waals surface area (Å²) >= 11 is 6.36. The highest BCUT2D eigenvalue weighted by Gasteiger charge is 2.42. The smallest absolute Gasteiger partial charge is 0.407 e. The third kappa shape index (κ3) is 5.37. The summed E-state index contributed by atoms with van der Waals surface area (Å²) in [5, 5.41) is 11.8. The zero-order chi connectivity index (χ0) is 28.6. The number of hydrogen-bond acceptors (Lipinski definition) is 7. The van der Waals surface area contributed by atoms with Crippen molar-refractivity contribution in [3.8, 4) is 0 Å². The molecule has 1 aromatic heterocycles. The van der Waals surface area contributed by atoms with Crippen LogP contribution in [0, 0.1) is 5.82 Å². The van der Waals surface area contributed by atoms with Crippen molar-refractivity contribution in [1.29, 1.82) is 0 Å². The number of hydrogen-bond donors (Lipinski definition) is 3. The number of carbonyl (C=O) groups is 5. The predicted molar refractivity (Wildman–Crippen MR) is 136 cm³/mol. The number of carbonyl (C=O) groups excluding carboxylic acids is 4. The van der Waals surface area contributed by atoms with Gasteiger partial charge >= 0.3 is 6.09 Å². The van der Waals surface area contributed by atoms with Gasteiger partial charge < -0.3 is 24.6 Å². The summed E-state index contributed by atoms with van der Waals surface area (Å²) in [5.41, 5.74) is 0.111. The number of aromatic nitrogens is 2. The Hall–Kier alpha value is -4.00. The van der Waals surface area contributed by atoms with Gasteiger partial charge in [0.1, 0.15) is 23.8 Å². The highest BCUT2D eigenvalue weighted by molar-refractivity contribution is 6.32. The van der Waals surface area contributed by atoms with Gasteiger partial charge in [0.25, 0.3) is 12.4 Å². The molecule has 2 aliphatic carbocycles. The molecule has 0 spiro atoms. The number of nitrogens with zero attached hydrogens (tertiary/aromatic N) is 3. The van der Waals surface area contributed by atoms with E-state index in [2.05, 4.69) is 20.2 Å². The van der Waals surface area contributed by atoms with E-state index in [-0.39, 0.29) is 66.3 Å². The van der Waals surface area contributed by atoms with Gasteiger partial charge in [-0.05, 0) is 25.3 Å². The molecule has 6 rings (SSSR count). The molecule has 3 N–H and O–H groups in total. The second kappa shape index (κ2) is 11.2. The highest BCUT2D eigenvalue weighted by Crippen LogP contribution is 2.43. The molecule has 4 amide bonds. The van der Waals surface area contributed by atoms with Crippen molar-refractivity contribution in [2.45, 2.75) is 75.7 Å². The number of carboxylic acid groups (broad SMARTS) is 1. The number of ether oxygens (including phenoxy) is 1. The molecule has 212 valence electrons. The fraction of sp³-hybridized carbons (Fsp3) is 0.462. The summed E-state index contributed by atoms with van der Waals surface area (Å²) < 4.78 is 23.0. The second-order valence-corrected chi connectivity index (χ2v) is 10.6. The predicted octanol–water partition coefficient (Wildman–Crippen LogP) is 2.64. The van der Waals surface area contributed by atoms with Crippen molar-refractivity contribution < 1.29 is 38.2 Å². The lowest BCUT2D eigenvalue weighted by Gasteiger charge is -2.36. The van der Waals surface area contributed by atoms with E-state index in [1.807, 2.05) is 6.20 Å². The Balaban J connectivity index is 0.00000103. The Bertz CT molecular complexity index is 1370. The van der Waals surface area contributed by atoms with E-state index in [0.29, 0.717) is 18.8 Å². The SMILES string of the molecule is O=C1CC[C@H](N2Cc3c(Cl)cc(CNC(=O)OC4CC(n5ccnc5C5CC5)C4)c(F)c3C2=O)C(=O)N1.O=CO. The van der Waals surface area contributed by atoms with Gasteiger partial charge in [0, 0.05) is 72.9 Å². The van der Waals surface area contributed by atoms with Gasteiger partial charge in [-0.1, -0.05) is 11.6 Å². The fourth-order valence-electron chi connectivity index (χ4n) is 5.35. The van der Waals surface area contributed by atoms with Gasteiger partial charge in [0.15, 0.2) is 0 Å². The third-order valence-corrected chi connectivity index (χ3v) is 7.92. The topological polar surface area (TPSA) is 160 Å². The molecule has 2 aromatic rings. The molecule has 2 saturated carbocycles. The average molecular weight is 576 g/mol. The van der Waals surface area contributed by atoms with E-state index in [1.54, 1.807) is 6.20 Å². The molecule has 2 aliphatic heterocycles. The summed E-state index contributed by atoms with van der Waals surface area (Å²) in [4.78, 5) is 63.1. The molecule has 4 aliphatic rings. The highest BCUT2D eigenvalue weighted by atomic mass is 35.5. The Kier molecular flexibility index (Phi) is 7.74. The normalized spacial score (nSPS) is 23.4. The lowest BCUT2D eigenvalue weighted by molar-refractivity contribution is -0.137. The number of alkyl carbamates (subject to hydrolysis) is 1. The quantitative estimate of drug-likeness (QED) is 0.350. The van der Waals surface area contributed by atoms with E-state index < -0.39 is 35.7 Å². The first-order valence-corrected chi connectivity index (χ1v) is 13.3. The molecule has 1 aromatic carbocycles. The monoisotopic (exact) mass is 575 g/mol. The van der Waals surface area contributed by atoms with E-state index in [1.165, 1.54) is 11.0 Å². The molecular weight excluding hydrogens is 549 g/mol. The summed E-state index contributed by atoms with van der Waals surface area (Å²) in [7, 11) is 0. The van der Waals surface area contributed by atoms with Crippen LogP contribution < -0.4 is 10.6 Å². The summed E-state index contributed by atoms with van der Waals surface area (Å²) in [6.07, 6.45) is 6.81. The van der Waals surface area contributed by atoms with Gasteiger partial charge in [0.2, 0.25) is 11.8 Å². The van der Waals surface area contributed by atoms with E-state index in [0.717, 1.165) is 18.7 Å². The number of imidazole rings is 1. The van der Waals surface area contributed by atoms with E-state index in [4.69, 9.17) is 26.2 Å². The van der Waals surface area contributed by atoms with Crippen LogP contribution >= 0.6 is 11.6 Å². The Morgan fingerprint density at radius 1 is 1.27 bits per heavy atom. The fourth-order valence-corrected chi connectivity index (χ4v) is 5.64. The summed E-state index contributed by atoms with van der Waals surface area (Å²) in [5.74, 6) is -0.821. The van der Waals surface area contributed by atoms with Crippen molar-refractivity contribution in [3.05, 3.63) is 51.8 Å². The first kappa shape index (κ1) is 27.6. The molecular formula is C26H27ClFN5O7. The molecule has 0 radical (unpaired) electrons. The third-order valence-electron chi connectivity index (χ3n) is 7.58. The van der Waals surface area contributed by atoms with E-state index >= 15 is 4.39 Å². The van der Waals surface area contributed by atoms with E-state index in [9.17, 15) is 19.2 Å². The van der Waals surface area contributed by atoms with Crippen LogP contribution in [-0.2, 0) is 32.2 Å². The molecule has 1 atom stereocenters. The summed E-state index contributed by atoms with van der Waals surface area (Å²) in [6.45, 7) is -0.499. The van der Waals surface area contributed by atoms with Crippen LogP contribution in [0.1, 0.15) is 77.8 Å². The molecule has 14 heteroatoms. The van der Waals surface area contributed by atoms with Crippen LogP contribution in [0.5, 0.6) is 0 Å². The first-order valence-electron chi connectivity index (χ1n) is 12.9. The molecule has 40 heavy (non-hydrogen) atoms. The Morgan fingerprint density at radius 3 is 2.67 bits per heavy atom. The van der Waals surface area contributed by atoms with Gasteiger partial charge in [-0.3, -0.25) is 24.5 Å². The molecule has 3 heterocycles. The second-order valence-electron chi connectivity index (χ2n) is 10.2. The lowest BCUT2D eigenvalue weighted by atomic mass is 9.89. The van der Waals surface area contributed by atoms with Crippen LogP contribution in [0.4, 0.5) is 9.18 Å². The lowest BCUT2D eigenvalue weighted by Crippen LogP contribution is -2.52. The number of piperidine rings is 1. The largest absolute Gasteiger partial charge is 0.483 e. The number of fused-ring (bicyclic) bond motifs is 1. The van der Waals surface area contributed by atoms with Crippen molar-refractivity contribution in [2.75, 3.05) is 0 Å². The number of nitrogens with one attached hydrogen (secondary N) is 2. The Labute approximate surface area is 232 Å². The maximum atomic E-state index is 15.3. The van der Waals surface area contributed by atoms with Crippen LogP contribution in [0.3, 0.4) is 0 Å². The standard InChI is InChI=1S/C25H25ClFN5O5.CH2O2/c26-17-7-13(21(27)20-16(17)11-32(24(20)35)18-3-4-19(33)30-23(18)34)10-29-25(36)37-15-8-14(9-15)31-6-5-28-22(31)12-1-2-12;2-1-3/h5-7,12,14-15,18H,1-4,8-11H2,(H,29,36)(H,30,33,34);1H,(H,2,3)/t14?,15?,18-;/m0./s1. The number of rotatable bonds is 6. The van der Waals surface area contributed by atoms with Crippen LogP contribution in [0.2, 0.25) is 5.02 Å². The minimum Gasteiger partial charge on any atom is -0.483 e. The van der Waals surface area contributed by atoms with Crippen molar-refractivity contribution in [3.63, 3.8) is 0 Å². The minimum absolute atomic E-state index is 0.0336. The van der Waals surface area contributed by atoms with Crippen molar-refractivity contribution in [1.82, 2.24) is 25.1 Å². The number of benzene rings is 1. The van der Waals surface area contributed by atoms with Crippen molar-refractivity contribution in [2.24, 2.45) is 0 Å². The van der Waals surface area contributed by atoms with Gasteiger partial charge in [0.05, 0.1) is 5.56 Å². The number of halogens is 2. The van der Waals surface area contributed by atoms with Crippen LogP contribution in [0.25, 0.3) is 0 Å². The minimum atomic E-state index is -0.876. The van der Waals surface area contributed by atoms with Gasteiger partial charge in [-0.15, -0.1) is 0 Å². The zero-order valence-electron chi connectivity index (χ0n) is 21.3. The Morgan fingerprint density at radius 2 is 2.00 bits per heavy atom. The van der Waals surface area contributed by atoms with Gasteiger partial charge in [-0.2, -0.15) is 0 Å². The average Bonchev–Trinajstić information content (AvgIpc) is 3.51. The first-order chi connectivity index (χ1) is 19.2. The molecule has 0 unspecified atom stereocenters. The molecule has 1 saturated heterocycles. The molecule has 3 fully saturated rings. The maximum Gasteiger partial charge on any atom is 0.407 e.